The first-order valence-electron chi connectivity index (χ1n) is 8.34. The summed E-state index contributed by atoms with van der Waals surface area (Å²) >= 11 is 0. The van der Waals surface area contributed by atoms with Crippen molar-refractivity contribution in [2.24, 2.45) is 5.92 Å². The highest BCUT2D eigenvalue weighted by Crippen LogP contribution is 2.28. The minimum atomic E-state index is -0.515. The summed E-state index contributed by atoms with van der Waals surface area (Å²) in [4.78, 5) is 9.13. The van der Waals surface area contributed by atoms with Crippen LogP contribution in [0.1, 0.15) is 63.9 Å². The van der Waals surface area contributed by atoms with Gasteiger partial charge in [-0.15, -0.1) is 0 Å². The molecule has 124 valence electrons. The maximum absolute atomic E-state index is 9.97. The van der Waals surface area contributed by atoms with E-state index in [-0.39, 0.29) is 5.92 Å². The number of aromatic nitrogens is 2. The molecule has 1 atom stereocenters. The number of aliphatic hydroxyl groups excluding tert-OH is 1. The van der Waals surface area contributed by atoms with Crippen LogP contribution in [0.2, 0.25) is 0 Å². The van der Waals surface area contributed by atoms with Crippen LogP contribution in [0.15, 0.2) is 6.07 Å². The Morgan fingerprint density at radius 1 is 1.23 bits per heavy atom. The van der Waals surface area contributed by atoms with E-state index in [9.17, 15) is 5.11 Å². The van der Waals surface area contributed by atoms with Gasteiger partial charge < -0.3 is 15.2 Å². The largest absolute Gasteiger partial charge is 0.389 e. The molecule has 2 rings (SSSR count). The van der Waals surface area contributed by atoms with Crippen LogP contribution in [0.25, 0.3) is 0 Å². The van der Waals surface area contributed by atoms with Gasteiger partial charge in [0.1, 0.15) is 11.6 Å². The van der Waals surface area contributed by atoms with Gasteiger partial charge in [0.25, 0.3) is 0 Å². The van der Waals surface area contributed by atoms with E-state index in [1.165, 1.54) is 12.8 Å². The highest BCUT2D eigenvalue weighted by Gasteiger charge is 2.21. The van der Waals surface area contributed by atoms with Gasteiger partial charge in [-0.1, -0.05) is 27.7 Å². The Hall–Kier alpha value is -1.20. The van der Waals surface area contributed by atoms with Crippen molar-refractivity contribution in [1.29, 1.82) is 0 Å². The van der Waals surface area contributed by atoms with E-state index in [1.807, 2.05) is 6.07 Å². The molecule has 0 bridgehead atoms. The summed E-state index contributed by atoms with van der Waals surface area (Å²) in [6.45, 7) is 10.0. The van der Waals surface area contributed by atoms with Crippen LogP contribution >= 0.6 is 0 Å². The van der Waals surface area contributed by atoms with E-state index in [0.29, 0.717) is 19.1 Å². The third-order valence-corrected chi connectivity index (χ3v) is 3.75. The Morgan fingerprint density at radius 3 is 2.55 bits per heavy atom. The number of hydrogen-bond acceptors (Lipinski definition) is 5. The highest BCUT2D eigenvalue weighted by atomic mass is 16.5. The fraction of sp³-hybridized carbons (Fsp3) is 0.765. The van der Waals surface area contributed by atoms with Gasteiger partial charge in [0.2, 0.25) is 0 Å². The molecule has 5 nitrogen and oxygen atoms in total. The zero-order chi connectivity index (χ0) is 16.1. The predicted molar refractivity (Wildman–Crippen MR) is 88.2 cm³/mol. The molecular weight excluding hydrogens is 278 g/mol. The molecular formula is C17H29N3O2. The number of rotatable bonds is 9. The summed E-state index contributed by atoms with van der Waals surface area (Å²) in [7, 11) is 0. The van der Waals surface area contributed by atoms with Crippen LogP contribution in [-0.4, -0.2) is 40.9 Å². The summed E-state index contributed by atoms with van der Waals surface area (Å²) in [6.07, 6.45) is 2.02. The molecule has 0 aromatic carbocycles. The van der Waals surface area contributed by atoms with Gasteiger partial charge in [-0.3, -0.25) is 0 Å². The van der Waals surface area contributed by atoms with Crippen LogP contribution < -0.4 is 5.32 Å². The van der Waals surface area contributed by atoms with Crippen LogP contribution in [0.5, 0.6) is 0 Å². The summed E-state index contributed by atoms with van der Waals surface area (Å²) < 4.78 is 5.51. The van der Waals surface area contributed by atoms with Gasteiger partial charge in [-0.05, 0) is 24.7 Å². The minimum absolute atomic E-state index is 0.283. The minimum Gasteiger partial charge on any atom is -0.389 e. The molecule has 1 aromatic heterocycles. The molecule has 22 heavy (non-hydrogen) atoms. The van der Waals surface area contributed by atoms with Crippen molar-refractivity contribution in [3.8, 4) is 0 Å². The summed E-state index contributed by atoms with van der Waals surface area (Å²) in [5, 5.41) is 13.2. The normalized spacial score (nSPS) is 16.3. The number of nitrogens with zero attached hydrogens (tertiary/aromatic N) is 2. The zero-order valence-electron chi connectivity index (χ0n) is 14.2. The van der Waals surface area contributed by atoms with Crippen molar-refractivity contribution in [1.82, 2.24) is 9.97 Å². The van der Waals surface area contributed by atoms with E-state index in [0.717, 1.165) is 29.9 Å². The van der Waals surface area contributed by atoms with Gasteiger partial charge in [-0.2, -0.15) is 0 Å². The second-order valence-electron chi connectivity index (χ2n) is 6.86. The molecule has 2 N–H and O–H groups in total. The zero-order valence-corrected chi connectivity index (χ0v) is 14.2. The molecule has 1 fully saturated rings. The number of anilines is 1. The molecule has 5 heteroatoms. The summed E-state index contributed by atoms with van der Waals surface area (Å²) in [6, 6.07) is 1.97. The van der Waals surface area contributed by atoms with Crippen molar-refractivity contribution >= 4 is 5.82 Å². The molecule has 1 unspecified atom stereocenters. The van der Waals surface area contributed by atoms with Crippen molar-refractivity contribution < 1.29 is 9.84 Å². The molecule has 0 aliphatic heterocycles. The molecule has 1 heterocycles. The molecule has 0 amide bonds. The van der Waals surface area contributed by atoms with Gasteiger partial charge >= 0.3 is 0 Å². The Morgan fingerprint density at radius 2 is 1.95 bits per heavy atom. The molecule has 1 aliphatic carbocycles. The maximum Gasteiger partial charge on any atom is 0.133 e. The Kier molecular flexibility index (Phi) is 6.15. The van der Waals surface area contributed by atoms with E-state index < -0.39 is 6.10 Å². The van der Waals surface area contributed by atoms with Crippen LogP contribution in [0.4, 0.5) is 5.82 Å². The van der Waals surface area contributed by atoms with Crippen molar-refractivity contribution in [2.45, 2.75) is 58.5 Å². The van der Waals surface area contributed by atoms with Gasteiger partial charge in [0.05, 0.1) is 12.7 Å². The van der Waals surface area contributed by atoms with E-state index in [1.54, 1.807) is 0 Å². The molecule has 1 aromatic rings. The third-order valence-electron chi connectivity index (χ3n) is 3.75. The predicted octanol–water partition coefficient (Wildman–Crippen LogP) is 2.92. The smallest absolute Gasteiger partial charge is 0.133 e. The van der Waals surface area contributed by atoms with E-state index in [4.69, 9.17) is 4.74 Å². The molecule has 0 saturated heterocycles. The molecule has 1 aliphatic rings. The van der Waals surface area contributed by atoms with Gasteiger partial charge in [-0.25, -0.2) is 9.97 Å². The highest BCUT2D eigenvalue weighted by molar-refractivity contribution is 5.37. The standard InChI is InChI=1S/C17H29N3O2/c1-11(2)15-7-16(20-17(19-15)12(3)4)18-8-14(21)10-22-9-13-5-6-13/h7,11-14,21H,5-6,8-10H2,1-4H3,(H,18,19,20). The number of hydrogen-bond donors (Lipinski definition) is 2. The van der Waals surface area contributed by atoms with Crippen LogP contribution in [0, 0.1) is 5.92 Å². The van der Waals surface area contributed by atoms with Crippen molar-refractivity contribution in [2.75, 3.05) is 25.1 Å². The Labute approximate surface area is 133 Å². The third kappa shape index (κ3) is 5.54. The van der Waals surface area contributed by atoms with Crippen LogP contribution in [0.3, 0.4) is 0 Å². The monoisotopic (exact) mass is 307 g/mol. The topological polar surface area (TPSA) is 67.3 Å². The lowest BCUT2D eigenvalue weighted by atomic mass is 10.1. The fourth-order valence-electron chi connectivity index (χ4n) is 2.07. The fourth-order valence-corrected chi connectivity index (χ4v) is 2.07. The maximum atomic E-state index is 9.97. The SMILES string of the molecule is CC(C)c1cc(NCC(O)COCC2CC2)nc(C(C)C)n1. The van der Waals surface area contributed by atoms with E-state index >= 15 is 0 Å². The lowest BCUT2D eigenvalue weighted by Crippen LogP contribution is -2.26. The number of ether oxygens (including phenoxy) is 1. The second-order valence-corrected chi connectivity index (χ2v) is 6.86. The number of aliphatic hydroxyl groups is 1. The van der Waals surface area contributed by atoms with Crippen molar-refractivity contribution in [3.05, 3.63) is 17.6 Å². The average molecular weight is 307 g/mol. The van der Waals surface area contributed by atoms with Gasteiger partial charge in [0, 0.05) is 30.8 Å². The van der Waals surface area contributed by atoms with E-state index in [2.05, 4.69) is 43.0 Å². The van der Waals surface area contributed by atoms with Crippen LogP contribution in [-0.2, 0) is 4.74 Å². The average Bonchev–Trinajstić information content (AvgIpc) is 3.29. The molecule has 0 radical (unpaired) electrons. The lowest BCUT2D eigenvalue weighted by molar-refractivity contribution is 0.0385. The molecule has 0 spiro atoms. The first-order valence-corrected chi connectivity index (χ1v) is 8.34. The molecule has 1 saturated carbocycles. The Bertz CT molecular complexity index is 447. The quantitative estimate of drug-likeness (QED) is 0.734. The lowest BCUT2D eigenvalue weighted by Gasteiger charge is -2.15. The number of nitrogens with one attached hydrogen (secondary N) is 1. The van der Waals surface area contributed by atoms with Crippen molar-refractivity contribution in [3.63, 3.8) is 0 Å². The first-order chi connectivity index (χ1) is 10.5. The summed E-state index contributed by atoms with van der Waals surface area (Å²) in [5.41, 5.74) is 1.03. The second kappa shape index (κ2) is 7.88. The Balaban J connectivity index is 1.86. The first kappa shape index (κ1) is 17.2. The summed E-state index contributed by atoms with van der Waals surface area (Å²) in [5.74, 6) is 2.99. The van der Waals surface area contributed by atoms with Gasteiger partial charge in [0.15, 0.2) is 0 Å².